The largest absolute Gasteiger partial charge is 0.481 e. The normalized spacial score (nSPS) is 16.6. The van der Waals surface area contributed by atoms with Gasteiger partial charge in [-0.2, -0.15) is 0 Å². The van der Waals surface area contributed by atoms with Crippen molar-refractivity contribution in [2.75, 3.05) is 6.26 Å². The second-order valence-corrected chi connectivity index (χ2v) is 9.85. The third kappa shape index (κ3) is 3.71. The van der Waals surface area contributed by atoms with Crippen LogP contribution in [0.4, 0.5) is 8.78 Å². The van der Waals surface area contributed by atoms with Gasteiger partial charge in [-0.1, -0.05) is 12.1 Å². The summed E-state index contributed by atoms with van der Waals surface area (Å²) in [6.45, 7) is 0.231. The molecule has 0 bridgehead atoms. The highest BCUT2D eigenvalue weighted by Gasteiger charge is 2.30. The molecule has 5 nitrogen and oxygen atoms in total. The van der Waals surface area contributed by atoms with Crippen LogP contribution in [0.3, 0.4) is 0 Å². The predicted octanol–water partition coefficient (Wildman–Crippen LogP) is 4.27. The van der Waals surface area contributed by atoms with Crippen LogP contribution in [0.15, 0.2) is 41.3 Å². The van der Waals surface area contributed by atoms with Gasteiger partial charge in [-0.05, 0) is 48.6 Å². The molecule has 0 radical (unpaired) electrons. The lowest BCUT2D eigenvalue weighted by Gasteiger charge is -2.24. The fourth-order valence-corrected chi connectivity index (χ4v) is 5.11. The van der Waals surface area contributed by atoms with E-state index in [1.165, 1.54) is 18.2 Å². The molecule has 2 aromatic carbocycles. The van der Waals surface area contributed by atoms with E-state index in [0.717, 1.165) is 35.6 Å². The molecule has 8 heteroatoms. The van der Waals surface area contributed by atoms with Crippen LogP contribution in [-0.4, -0.2) is 30.3 Å². The number of halogens is 2. The number of aromatic nitrogens is 1. The van der Waals surface area contributed by atoms with E-state index in [-0.39, 0.29) is 29.3 Å². The van der Waals surface area contributed by atoms with Gasteiger partial charge < -0.3 is 9.67 Å². The first-order chi connectivity index (χ1) is 14.1. The van der Waals surface area contributed by atoms with Gasteiger partial charge in [-0.15, -0.1) is 0 Å². The Balaban J connectivity index is 1.88. The first kappa shape index (κ1) is 20.5. The minimum Gasteiger partial charge on any atom is -0.481 e. The quantitative estimate of drug-likeness (QED) is 0.652. The molecule has 0 unspecified atom stereocenters. The van der Waals surface area contributed by atoms with Crippen molar-refractivity contribution in [3.05, 3.63) is 64.9 Å². The molecule has 0 saturated carbocycles. The van der Waals surface area contributed by atoms with E-state index >= 15 is 0 Å². The molecule has 4 rings (SSSR count). The number of sulfone groups is 1. The van der Waals surface area contributed by atoms with Crippen molar-refractivity contribution in [2.45, 2.75) is 43.0 Å². The highest BCUT2D eigenvalue weighted by molar-refractivity contribution is 7.90. The summed E-state index contributed by atoms with van der Waals surface area (Å²) in [7, 11) is -3.34. The van der Waals surface area contributed by atoms with Crippen LogP contribution in [0.25, 0.3) is 10.9 Å². The van der Waals surface area contributed by atoms with E-state index in [4.69, 9.17) is 0 Å². The summed E-state index contributed by atoms with van der Waals surface area (Å²) in [5.74, 6) is -2.59. The lowest BCUT2D eigenvalue weighted by Crippen LogP contribution is -2.17. The van der Waals surface area contributed by atoms with Gasteiger partial charge in [-0.25, -0.2) is 17.2 Å². The highest BCUT2D eigenvalue weighted by atomic mass is 32.2. The van der Waals surface area contributed by atoms with Gasteiger partial charge in [0.15, 0.2) is 9.84 Å². The Labute approximate surface area is 172 Å². The first-order valence-electron chi connectivity index (χ1n) is 9.66. The number of aryl methyl sites for hydroxylation is 1. The molecule has 0 aliphatic heterocycles. The van der Waals surface area contributed by atoms with Crippen molar-refractivity contribution in [2.24, 2.45) is 0 Å². The molecule has 158 valence electrons. The second kappa shape index (κ2) is 7.50. The molecule has 1 aliphatic carbocycles. The van der Waals surface area contributed by atoms with E-state index in [9.17, 15) is 27.1 Å². The predicted molar refractivity (Wildman–Crippen MR) is 108 cm³/mol. The van der Waals surface area contributed by atoms with Crippen LogP contribution in [-0.2, 0) is 27.6 Å². The molecule has 0 fully saturated rings. The zero-order valence-electron chi connectivity index (χ0n) is 16.4. The summed E-state index contributed by atoms with van der Waals surface area (Å²) < 4.78 is 54.0. The zero-order valence-corrected chi connectivity index (χ0v) is 17.2. The van der Waals surface area contributed by atoms with Crippen LogP contribution in [0.1, 0.15) is 42.0 Å². The maximum atomic E-state index is 14.9. The Hall–Kier alpha value is -2.74. The van der Waals surface area contributed by atoms with Gasteiger partial charge in [-0.3, -0.25) is 4.79 Å². The van der Waals surface area contributed by atoms with Crippen LogP contribution in [0.2, 0.25) is 0 Å². The van der Waals surface area contributed by atoms with Crippen molar-refractivity contribution in [3.8, 4) is 0 Å². The van der Waals surface area contributed by atoms with Crippen molar-refractivity contribution in [1.29, 1.82) is 0 Å². The van der Waals surface area contributed by atoms with Gasteiger partial charge in [0.1, 0.15) is 11.6 Å². The smallest absolute Gasteiger partial charge is 0.304 e. The number of carboxylic acids is 1. The van der Waals surface area contributed by atoms with Gasteiger partial charge in [0.2, 0.25) is 0 Å². The van der Waals surface area contributed by atoms with Crippen molar-refractivity contribution in [1.82, 2.24) is 4.57 Å². The lowest BCUT2D eigenvalue weighted by atomic mass is 9.84. The molecule has 0 amide bonds. The third-order valence-corrected chi connectivity index (χ3v) is 6.83. The molecule has 30 heavy (non-hydrogen) atoms. The maximum Gasteiger partial charge on any atom is 0.304 e. The fourth-order valence-electron chi connectivity index (χ4n) is 4.48. The number of carboxylic acid groups (broad SMARTS) is 1. The van der Waals surface area contributed by atoms with E-state index in [1.807, 2.05) is 0 Å². The third-order valence-electron chi connectivity index (χ3n) is 5.70. The number of hydrogen-bond acceptors (Lipinski definition) is 3. The SMILES string of the molecule is CS(=O)(=O)c1ccc(Cn2c3c(c4cc(F)cc(F)c42)CCC[C@@H]3CC(=O)O)cc1. The summed E-state index contributed by atoms with van der Waals surface area (Å²) >= 11 is 0. The maximum absolute atomic E-state index is 14.9. The highest BCUT2D eigenvalue weighted by Crippen LogP contribution is 2.41. The standard InChI is InChI=1S/C22H21F2NO4S/c1-30(28,29)16-7-5-13(6-8-16)12-25-21-14(9-20(26)27)3-2-4-17(21)18-10-15(23)11-19(24)22(18)25/h5-8,10-11,14H,2-4,9,12H2,1H3,(H,26,27)/t14-/m1/s1. The Morgan fingerprint density at radius 3 is 2.53 bits per heavy atom. The minimum absolute atomic E-state index is 0.0829. The van der Waals surface area contributed by atoms with Gasteiger partial charge in [0, 0.05) is 35.9 Å². The Bertz CT molecular complexity index is 1250. The molecular weight excluding hydrogens is 412 g/mol. The lowest BCUT2D eigenvalue weighted by molar-refractivity contribution is -0.137. The van der Waals surface area contributed by atoms with Crippen LogP contribution in [0, 0.1) is 11.6 Å². The summed E-state index contributed by atoms with van der Waals surface area (Å²) in [6.07, 6.45) is 3.08. The van der Waals surface area contributed by atoms with Crippen molar-refractivity contribution in [3.63, 3.8) is 0 Å². The van der Waals surface area contributed by atoms with E-state index < -0.39 is 27.4 Å². The molecule has 1 heterocycles. The van der Waals surface area contributed by atoms with Gasteiger partial charge in [0.25, 0.3) is 0 Å². The Morgan fingerprint density at radius 1 is 1.20 bits per heavy atom. The average molecular weight is 433 g/mol. The second-order valence-electron chi connectivity index (χ2n) is 7.84. The van der Waals surface area contributed by atoms with Crippen molar-refractivity contribution < 1.29 is 27.1 Å². The number of fused-ring (bicyclic) bond motifs is 3. The number of carbonyl (C=O) groups is 1. The first-order valence-corrected chi connectivity index (χ1v) is 11.5. The van der Waals surface area contributed by atoms with Crippen molar-refractivity contribution >= 4 is 26.7 Å². The summed E-state index contributed by atoms with van der Waals surface area (Å²) in [5.41, 5.74) is 2.53. The molecule has 0 spiro atoms. The molecule has 0 saturated heterocycles. The topological polar surface area (TPSA) is 76.4 Å². The number of nitrogens with zero attached hydrogens (tertiary/aromatic N) is 1. The van der Waals surface area contributed by atoms with E-state index in [0.29, 0.717) is 18.2 Å². The summed E-state index contributed by atoms with van der Waals surface area (Å²) in [6, 6.07) is 8.45. The average Bonchev–Trinajstić information content (AvgIpc) is 2.96. The zero-order chi connectivity index (χ0) is 21.6. The summed E-state index contributed by atoms with van der Waals surface area (Å²) in [4.78, 5) is 11.6. The van der Waals surface area contributed by atoms with E-state index in [2.05, 4.69) is 0 Å². The molecular formula is C22H21F2NO4S. The summed E-state index contributed by atoms with van der Waals surface area (Å²) in [5, 5.41) is 9.83. The monoisotopic (exact) mass is 433 g/mol. The van der Waals surface area contributed by atoms with E-state index in [1.54, 1.807) is 16.7 Å². The number of hydrogen-bond donors (Lipinski definition) is 1. The molecule has 1 aromatic heterocycles. The number of benzene rings is 2. The van der Waals surface area contributed by atoms with Crippen LogP contribution < -0.4 is 0 Å². The molecule has 3 aromatic rings. The number of rotatable bonds is 5. The van der Waals surface area contributed by atoms with Crippen LogP contribution >= 0.6 is 0 Å². The van der Waals surface area contributed by atoms with Gasteiger partial charge >= 0.3 is 5.97 Å². The number of aliphatic carboxylic acids is 1. The molecule has 1 N–H and O–H groups in total. The fraction of sp³-hybridized carbons (Fsp3) is 0.318. The van der Waals surface area contributed by atoms with Crippen LogP contribution in [0.5, 0.6) is 0 Å². The Morgan fingerprint density at radius 2 is 1.90 bits per heavy atom. The van der Waals surface area contributed by atoms with Gasteiger partial charge in [0.05, 0.1) is 16.8 Å². The Kier molecular flexibility index (Phi) is 5.13. The minimum atomic E-state index is -3.34. The molecule has 1 aliphatic rings. The molecule has 1 atom stereocenters.